The summed E-state index contributed by atoms with van der Waals surface area (Å²) in [6.07, 6.45) is 5.12. The van der Waals surface area contributed by atoms with Crippen LogP contribution in [-0.4, -0.2) is 12.6 Å². The van der Waals surface area contributed by atoms with Gasteiger partial charge in [-0.05, 0) is 56.5 Å². The smallest absolute Gasteiger partial charge is 0.120 e. The molecule has 0 aromatic heterocycles. The highest BCUT2D eigenvalue weighted by Crippen LogP contribution is 2.23. The van der Waals surface area contributed by atoms with Gasteiger partial charge in [-0.25, -0.2) is 0 Å². The second kappa shape index (κ2) is 9.26. The average Bonchev–Trinajstić information content (AvgIpc) is 2.45. The molecule has 1 aromatic carbocycles. The van der Waals surface area contributed by atoms with Gasteiger partial charge in [-0.2, -0.15) is 0 Å². The molecule has 0 saturated heterocycles. The number of hydrogen-bond donors (Lipinski definition) is 1. The zero-order chi connectivity index (χ0) is 16.5. The molecule has 1 N–H and O–H groups in total. The van der Waals surface area contributed by atoms with Gasteiger partial charge in [0.1, 0.15) is 5.75 Å². The lowest BCUT2D eigenvalue weighted by atomic mass is 10.0. The summed E-state index contributed by atoms with van der Waals surface area (Å²) in [5, 5.41) is 3.48. The first-order valence-electron chi connectivity index (χ1n) is 7.94. The molecule has 0 aliphatic carbocycles. The van der Waals surface area contributed by atoms with Gasteiger partial charge in [-0.3, -0.25) is 0 Å². The molecular formula is C20H29NO. The van der Waals surface area contributed by atoms with E-state index in [4.69, 9.17) is 4.74 Å². The summed E-state index contributed by atoms with van der Waals surface area (Å²) in [5.74, 6) is 0.907. The van der Waals surface area contributed by atoms with Crippen molar-refractivity contribution in [1.82, 2.24) is 5.32 Å². The first-order valence-corrected chi connectivity index (χ1v) is 7.94. The summed E-state index contributed by atoms with van der Waals surface area (Å²) in [6.45, 7) is 17.7. The summed E-state index contributed by atoms with van der Waals surface area (Å²) in [6, 6.07) is 6.33. The number of hydrogen-bond acceptors (Lipinski definition) is 2. The van der Waals surface area contributed by atoms with Crippen molar-refractivity contribution < 1.29 is 4.74 Å². The Morgan fingerprint density at radius 1 is 1.32 bits per heavy atom. The van der Waals surface area contributed by atoms with Gasteiger partial charge < -0.3 is 10.1 Å². The Hall–Kier alpha value is -1.80. The van der Waals surface area contributed by atoms with E-state index in [1.165, 1.54) is 11.1 Å². The minimum atomic E-state index is 0.170. The quantitative estimate of drug-likeness (QED) is 0.639. The number of allylic oxidation sites excluding steroid dienone is 3. The van der Waals surface area contributed by atoms with Gasteiger partial charge in [-0.1, -0.05) is 43.4 Å². The van der Waals surface area contributed by atoms with Gasteiger partial charge in [0.15, 0.2) is 0 Å². The average molecular weight is 299 g/mol. The first-order chi connectivity index (χ1) is 10.5. The molecule has 0 aliphatic rings. The van der Waals surface area contributed by atoms with Crippen molar-refractivity contribution in [3.63, 3.8) is 0 Å². The number of rotatable bonds is 9. The molecule has 0 unspecified atom stereocenters. The van der Waals surface area contributed by atoms with Crippen LogP contribution in [0.4, 0.5) is 0 Å². The molecule has 2 nitrogen and oxygen atoms in total. The van der Waals surface area contributed by atoms with Crippen molar-refractivity contribution in [2.45, 2.75) is 46.8 Å². The van der Waals surface area contributed by atoms with E-state index in [0.29, 0.717) is 0 Å². The Morgan fingerprint density at radius 2 is 2.05 bits per heavy atom. The Morgan fingerprint density at radius 3 is 2.59 bits per heavy atom. The SMILES string of the molecule is C=C/C=C(\CC)CNCc1cc(OC(C)C)cc(C(=C)C)c1. The molecule has 0 spiro atoms. The minimum Gasteiger partial charge on any atom is -0.491 e. The molecule has 0 aliphatic heterocycles. The van der Waals surface area contributed by atoms with E-state index in [0.717, 1.165) is 36.4 Å². The van der Waals surface area contributed by atoms with E-state index in [-0.39, 0.29) is 6.10 Å². The van der Waals surface area contributed by atoms with E-state index in [9.17, 15) is 0 Å². The third kappa shape index (κ3) is 6.31. The van der Waals surface area contributed by atoms with Crippen LogP contribution in [0.2, 0.25) is 0 Å². The highest BCUT2D eigenvalue weighted by atomic mass is 16.5. The van der Waals surface area contributed by atoms with Crippen molar-refractivity contribution in [3.8, 4) is 5.75 Å². The standard InChI is InChI=1S/C20H29NO/c1-7-9-17(8-2)13-21-14-18-10-19(15(3)4)12-20(11-18)22-16(5)6/h7,9-12,16,21H,1,3,8,13-14H2,2,4-6H3/b17-9+. The Kier molecular flexibility index (Phi) is 7.69. The normalized spacial score (nSPS) is 11.6. The number of benzene rings is 1. The molecule has 120 valence electrons. The third-order valence-corrected chi connectivity index (χ3v) is 3.32. The van der Waals surface area contributed by atoms with Gasteiger partial charge in [0.05, 0.1) is 6.10 Å². The third-order valence-electron chi connectivity index (χ3n) is 3.32. The fraction of sp³-hybridized carbons (Fsp3) is 0.400. The highest BCUT2D eigenvalue weighted by Gasteiger charge is 2.05. The van der Waals surface area contributed by atoms with Crippen molar-refractivity contribution in [2.75, 3.05) is 6.54 Å². The van der Waals surface area contributed by atoms with Gasteiger partial charge in [0, 0.05) is 13.1 Å². The summed E-state index contributed by atoms with van der Waals surface area (Å²) < 4.78 is 5.84. The van der Waals surface area contributed by atoms with Gasteiger partial charge in [-0.15, -0.1) is 0 Å². The molecule has 2 heteroatoms. The van der Waals surface area contributed by atoms with E-state index in [1.807, 2.05) is 26.8 Å². The Labute approximate surface area is 135 Å². The van der Waals surface area contributed by atoms with Crippen molar-refractivity contribution in [1.29, 1.82) is 0 Å². The van der Waals surface area contributed by atoms with Crippen LogP contribution in [0.15, 0.2) is 49.1 Å². The van der Waals surface area contributed by atoms with Crippen molar-refractivity contribution in [3.05, 3.63) is 60.2 Å². The molecular weight excluding hydrogens is 270 g/mol. The van der Waals surface area contributed by atoms with E-state index in [2.05, 4.69) is 49.7 Å². The predicted octanol–water partition coefficient (Wildman–Crippen LogP) is 5.12. The fourth-order valence-corrected chi connectivity index (χ4v) is 2.19. The largest absolute Gasteiger partial charge is 0.491 e. The Balaban J connectivity index is 2.80. The fourth-order valence-electron chi connectivity index (χ4n) is 2.19. The molecule has 0 heterocycles. The highest BCUT2D eigenvalue weighted by molar-refractivity contribution is 5.63. The predicted molar refractivity (Wildman–Crippen MR) is 97.2 cm³/mol. The molecule has 0 atom stereocenters. The van der Waals surface area contributed by atoms with Crippen molar-refractivity contribution >= 4 is 5.57 Å². The summed E-state index contributed by atoms with van der Waals surface area (Å²) in [5.41, 5.74) is 4.75. The molecule has 1 aromatic rings. The second-order valence-electron chi connectivity index (χ2n) is 5.83. The zero-order valence-electron chi connectivity index (χ0n) is 14.4. The first kappa shape index (κ1) is 18.2. The van der Waals surface area contributed by atoms with Crippen LogP contribution >= 0.6 is 0 Å². The van der Waals surface area contributed by atoms with Gasteiger partial charge >= 0.3 is 0 Å². The van der Waals surface area contributed by atoms with Crippen molar-refractivity contribution in [2.24, 2.45) is 0 Å². The number of nitrogens with one attached hydrogen (secondary N) is 1. The number of ether oxygens (including phenoxy) is 1. The topological polar surface area (TPSA) is 21.3 Å². The molecule has 0 radical (unpaired) electrons. The van der Waals surface area contributed by atoms with E-state index in [1.54, 1.807) is 0 Å². The lowest BCUT2D eigenvalue weighted by Crippen LogP contribution is -2.16. The van der Waals surface area contributed by atoms with Gasteiger partial charge in [0.25, 0.3) is 0 Å². The molecule has 0 fully saturated rings. The molecule has 0 amide bonds. The van der Waals surface area contributed by atoms with Gasteiger partial charge in [0.2, 0.25) is 0 Å². The lowest BCUT2D eigenvalue weighted by molar-refractivity contribution is 0.242. The maximum absolute atomic E-state index is 5.84. The van der Waals surface area contributed by atoms with Crippen LogP contribution in [0.25, 0.3) is 5.57 Å². The van der Waals surface area contributed by atoms with Crippen LogP contribution in [0.5, 0.6) is 5.75 Å². The van der Waals surface area contributed by atoms with Crippen LogP contribution in [0.3, 0.4) is 0 Å². The van der Waals surface area contributed by atoms with E-state index >= 15 is 0 Å². The van der Waals surface area contributed by atoms with Crippen LogP contribution in [0.1, 0.15) is 45.2 Å². The summed E-state index contributed by atoms with van der Waals surface area (Å²) in [7, 11) is 0. The maximum Gasteiger partial charge on any atom is 0.120 e. The summed E-state index contributed by atoms with van der Waals surface area (Å²) in [4.78, 5) is 0. The minimum absolute atomic E-state index is 0.170. The van der Waals surface area contributed by atoms with E-state index < -0.39 is 0 Å². The molecule has 22 heavy (non-hydrogen) atoms. The monoisotopic (exact) mass is 299 g/mol. The van der Waals surface area contributed by atoms with Crippen LogP contribution in [-0.2, 0) is 6.54 Å². The van der Waals surface area contributed by atoms with Crippen LogP contribution in [0, 0.1) is 0 Å². The molecule has 1 rings (SSSR count). The Bertz CT molecular complexity index is 541. The summed E-state index contributed by atoms with van der Waals surface area (Å²) >= 11 is 0. The second-order valence-corrected chi connectivity index (χ2v) is 5.83. The maximum atomic E-state index is 5.84. The molecule has 0 saturated carbocycles. The van der Waals surface area contributed by atoms with Crippen LogP contribution < -0.4 is 10.1 Å². The molecule has 0 bridgehead atoms. The zero-order valence-corrected chi connectivity index (χ0v) is 14.4. The lowest BCUT2D eigenvalue weighted by Gasteiger charge is -2.14.